The molecule has 1 aliphatic heterocycles. The first-order chi connectivity index (χ1) is 17.1. The third-order valence-corrected chi connectivity index (χ3v) is 6.39. The van der Waals surface area contributed by atoms with Gasteiger partial charge in [0, 0.05) is 23.3 Å². The monoisotopic (exact) mass is 484 g/mol. The number of hydrogen-bond donors (Lipinski definition) is 1. The molecule has 3 aromatic heterocycles. The van der Waals surface area contributed by atoms with Crippen molar-refractivity contribution >= 4 is 28.0 Å². The van der Waals surface area contributed by atoms with Crippen LogP contribution in [0.4, 0.5) is 5.13 Å². The second-order valence-corrected chi connectivity index (χ2v) is 8.86. The van der Waals surface area contributed by atoms with Gasteiger partial charge >= 0.3 is 0 Å². The highest BCUT2D eigenvalue weighted by Crippen LogP contribution is 2.36. The number of aryl methyl sites for hydroxylation is 1. The molecule has 2 aromatic carbocycles. The molecule has 0 spiro atoms. The predicted molar refractivity (Wildman–Crippen MR) is 132 cm³/mol. The van der Waals surface area contributed by atoms with Gasteiger partial charge in [-0.2, -0.15) is 0 Å². The van der Waals surface area contributed by atoms with Crippen LogP contribution in [0.15, 0.2) is 72.4 Å². The molecule has 6 rings (SSSR count). The fourth-order valence-corrected chi connectivity index (χ4v) is 4.60. The minimum absolute atomic E-state index is 0.218. The Hall–Kier alpha value is -4.37. The molecular weight excluding hydrogens is 464 g/mol. The van der Waals surface area contributed by atoms with Crippen molar-refractivity contribution in [3.8, 4) is 28.5 Å². The van der Waals surface area contributed by atoms with Crippen molar-refractivity contribution in [1.29, 1.82) is 0 Å². The summed E-state index contributed by atoms with van der Waals surface area (Å²) < 4.78 is 18.8. The van der Waals surface area contributed by atoms with Crippen LogP contribution in [0.5, 0.6) is 17.2 Å². The number of nitrogens with one attached hydrogen (secondary N) is 1. The van der Waals surface area contributed by atoms with Crippen molar-refractivity contribution < 1.29 is 19.0 Å². The Bertz CT molecular complexity index is 1560. The zero-order valence-electron chi connectivity index (χ0n) is 18.7. The number of carbonyl (C=O) groups is 1. The smallest absolute Gasteiger partial charge is 0.261 e. The van der Waals surface area contributed by atoms with Crippen LogP contribution in [0.25, 0.3) is 16.9 Å². The lowest BCUT2D eigenvalue weighted by molar-refractivity contribution is 0.102. The molecule has 1 amide bonds. The molecule has 0 saturated carbocycles. The maximum Gasteiger partial charge on any atom is 0.261 e. The van der Waals surface area contributed by atoms with E-state index in [1.807, 2.05) is 65.5 Å². The van der Waals surface area contributed by atoms with Gasteiger partial charge < -0.3 is 18.6 Å². The van der Waals surface area contributed by atoms with Gasteiger partial charge in [-0.05, 0) is 48.9 Å². The van der Waals surface area contributed by atoms with Gasteiger partial charge in [0.2, 0.25) is 6.79 Å². The average Bonchev–Trinajstić information content (AvgIpc) is 3.62. The van der Waals surface area contributed by atoms with Gasteiger partial charge in [0.05, 0.1) is 17.0 Å². The van der Waals surface area contributed by atoms with E-state index in [9.17, 15) is 4.79 Å². The van der Waals surface area contributed by atoms with Crippen molar-refractivity contribution in [2.75, 3.05) is 12.1 Å². The molecule has 0 bridgehead atoms. The van der Waals surface area contributed by atoms with Crippen LogP contribution in [0, 0.1) is 6.92 Å². The zero-order valence-corrected chi connectivity index (χ0v) is 19.5. The molecule has 0 unspecified atom stereocenters. The summed E-state index contributed by atoms with van der Waals surface area (Å²) in [7, 11) is 0. The third-order valence-electron chi connectivity index (χ3n) is 5.63. The highest BCUT2D eigenvalue weighted by molar-refractivity contribution is 7.14. The number of ether oxygens (including phenoxy) is 3. The van der Waals surface area contributed by atoms with Gasteiger partial charge in [-0.15, -0.1) is 11.3 Å². The van der Waals surface area contributed by atoms with Gasteiger partial charge in [0.1, 0.15) is 18.0 Å². The molecule has 5 aromatic rings. The Kier molecular flexibility index (Phi) is 5.31. The second kappa shape index (κ2) is 8.77. The van der Waals surface area contributed by atoms with E-state index in [0.29, 0.717) is 27.9 Å². The number of hydrogen-bond acceptors (Lipinski definition) is 7. The van der Waals surface area contributed by atoms with Crippen molar-refractivity contribution in [2.24, 2.45) is 0 Å². The van der Waals surface area contributed by atoms with Crippen LogP contribution in [0.3, 0.4) is 0 Å². The van der Waals surface area contributed by atoms with Crippen LogP contribution in [-0.2, 0) is 6.61 Å². The number of rotatable bonds is 6. The van der Waals surface area contributed by atoms with Crippen molar-refractivity contribution in [3.63, 3.8) is 0 Å². The van der Waals surface area contributed by atoms with Gasteiger partial charge in [0.25, 0.3) is 5.91 Å². The average molecular weight is 485 g/mol. The van der Waals surface area contributed by atoms with Crippen molar-refractivity contribution in [2.45, 2.75) is 13.5 Å². The van der Waals surface area contributed by atoms with Gasteiger partial charge in [0.15, 0.2) is 16.6 Å². The van der Waals surface area contributed by atoms with Crippen LogP contribution < -0.4 is 19.5 Å². The summed E-state index contributed by atoms with van der Waals surface area (Å²) in [5.41, 5.74) is 4.81. The fourth-order valence-electron chi connectivity index (χ4n) is 3.89. The minimum Gasteiger partial charge on any atom is -0.486 e. The molecule has 0 saturated heterocycles. The van der Waals surface area contributed by atoms with E-state index in [1.165, 1.54) is 11.3 Å². The summed E-state index contributed by atoms with van der Waals surface area (Å²) in [6, 6.07) is 16.8. The van der Waals surface area contributed by atoms with Crippen LogP contribution in [0.1, 0.15) is 21.6 Å². The number of fused-ring (bicyclic) bond motifs is 2. The first-order valence-corrected chi connectivity index (χ1v) is 11.8. The lowest BCUT2D eigenvalue weighted by atomic mass is 10.1. The van der Waals surface area contributed by atoms with E-state index in [1.54, 1.807) is 18.2 Å². The molecule has 174 valence electrons. The lowest BCUT2D eigenvalue weighted by Crippen LogP contribution is -2.13. The highest BCUT2D eigenvalue weighted by Gasteiger charge is 2.17. The molecule has 4 heterocycles. The second-order valence-electron chi connectivity index (χ2n) is 8.00. The minimum atomic E-state index is -0.293. The van der Waals surface area contributed by atoms with E-state index in [0.717, 1.165) is 28.2 Å². The summed E-state index contributed by atoms with van der Waals surface area (Å²) in [5.74, 6) is 1.59. The fraction of sp³-hybridized carbons (Fsp3) is 0.115. The maximum atomic E-state index is 13.1. The zero-order chi connectivity index (χ0) is 23.8. The summed E-state index contributed by atoms with van der Waals surface area (Å²) in [6.45, 7) is 2.48. The highest BCUT2D eigenvalue weighted by atomic mass is 32.1. The molecule has 9 heteroatoms. The summed E-state index contributed by atoms with van der Waals surface area (Å²) >= 11 is 1.35. The Morgan fingerprint density at radius 2 is 2.00 bits per heavy atom. The Balaban J connectivity index is 1.17. The molecule has 1 aliphatic rings. The molecule has 0 atom stereocenters. The quantitative estimate of drug-likeness (QED) is 0.351. The Morgan fingerprint density at radius 1 is 1.11 bits per heavy atom. The number of imidazole rings is 1. The van der Waals surface area contributed by atoms with Crippen molar-refractivity contribution in [1.82, 2.24) is 14.4 Å². The third kappa shape index (κ3) is 4.17. The molecule has 8 nitrogen and oxygen atoms in total. The topological polar surface area (TPSA) is 87.0 Å². The predicted octanol–water partition coefficient (Wildman–Crippen LogP) is 5.33. The Morgan fingerprint density at radius 3 is 2.91 bits per heavy atom. The summed E-state index contributed by atoms with van der Waals surface area (Å²) in [6.07, 6.45) is 3.88. The largest absolute Gasteiger partial charge is 0.486 e. The van der Waals surface area contributed by atoms with Crippen molar-refractivity contribution in [3.05, 3.63) is 89.2 Å². The number of carbonyl (C=O) groups excluding carboxylic acids is 1. The molecule has 0 radical (unpaired) electrons. The van der Waals surface area contributed by atoms with Crippen LogP contribution >= 0.6 is 11.3 Å². The van der Waals surface area contributed by atoms with E-state index < -0.39 is 0 Å². The number of benzene rings is 2. The van der Waals surface area contributed by atoms with Gasteiger partial charge in [-0.3, -0.25) is 10.1 Å². The van der Waals surface area contributed by atoms with Gasteiger partial charge in [-0.25, -0.2) is 9.97 Å². The number of pyridine rings is 1. The van der Waals surface area contributed by atoms with E-state index in [4.69, 9.17) is 14.2 Å². The summed E-state index contributed by atoms with van der Waals surface area (Å²) in [4.78, 5) is 22.2. The number of nitrogens with zero attached hydrogens (tertiary/aromatic N) is 3. The first kappa shape index (κ1) is 21.2. The number of anilines is 1. The Labute approximate surface area is 204 Å². The number of para-hydroxylation sites is 1. The maximum absolute atomic E-state index is 13.1. The number of amides is 1. The van der Waals surface area contributed by atoms with Crippen LogP contribution in [0.2, 0.25) is 0 Å². The lowest BCUT2D eigenvalue weighted by Gasteiger charge is -2.10. The van der Waals surface area contributed by atoms with E-state index in [-0.39, 0.29) is 19.3 Å². The molecule has 0 aliphatic carbocycles. The standard InChI is InChI=1S/C26H20N4O4S/c1-16-5-4-10-30-12-18(27-24(16)30)13-32-21-7-3-2-6-19(21)25(31)29-26-28-20(14-35-26)17-8-9-22-23(11-17)34-15-33-22/h2-12,14H,13,15H2,1H3,(H,28,29,31). The molecule has 1 N–H and O–H groups in total. The number of thiazole rings is 1. The normalized spacial score (nSPS) is 12.1. The summed E-state index contributed by atoms with van der Waals surface area (Å²) in [5, 5.41) is 5.26. The first-order valence-electron chi connectivity index (χ1n) is 11.0. The molecule has 0 fully saturated rings. The number of aromatic nitrogens is 3. The van der Waals surface area contributed by atoms with E-state index >= 15 is 0 Å². The molecule has 35 heavy (non-hydrogen) atoms. The molecular formula is C26H20N4O4S. The van der Waals surface area contributed by atoms with Gasteiger partial charge in [-0.1, -0.05) is 18.2 Å². The van der Waals surface area contributed by atoms with Crippen LogP contribution in [-0.4, -0.2) is 27.1 Å². The van der Waals surface area contributed by atoms with E-state index in [2.05, 4.69) is 15.3 Å². The SMILES string of the molecule is Cc1cccn2cc(COc3ccccc3C(=O)Nc3nc(-c4ccc5c(c4)OCO5)cs3)nc12.